The third-order valence-corrected chi connectivity index (χ3v) is 4.46. The van der Waals surface area contributed by atoms with Gasteiger partial charge in [0, 0.05) is 6.42 Å². The summed E-state index contributed by atoms with van der Waals surface area (Å²) in [7, 11) is 0. The SMILES string of the molecule is C[C@@H]1CC(=O)c2c(Nc3ccccc3F)nn(-c3ccccc3)c2C1. The van der Waals surface area contributed by atoms with Crippen LogP contribution in [0.1, 0.15) is 29.4 Å². The largest absolute Gasteiger partial charge is 0.336 e. The molecule has 0 fully saturated rings. The van der Waals surface area contributed by atoms with E-state index in [1.54, 1.807) is 22.9 Å². The molecule has 1 aliphatic carbocycles. The minimum atomic E-state index is -0.373. The fourth-order valence-electron chi connectivity index (χ4n) is 3.32. The first kappa shape index (κ1) is 15.6. The molecule has 1 atom stereocenters. The van der Waals surface area contributed by atoms with Gasteiger partial charge in [-0.15, -0.1) is 5.10 Å². The van der Waals surface area contributed by atoms with Gasteiger partial charge >= 0.3 is 0 Å². The zero-order valence-electron chi connectivity index (χ0n) is 13.9. The molecule has 1 N–H and O–H groups in total. The Morgan fingerprint density at radius 3 is 2.56 bits per heavy atom. The van der Waals surface area contributed by atoms with Crippen LogP contribution in [-0.4, -0.2) is 15.6 Å². The number of nitrogens with zero attached hydrogens (tertiary/aromatic N) is 2. The van der Waals surface area contributed by atoms with Crippen LogP contribution in [0.5, 0.6) is 0 Å². The van der Waals surface area contributed by atoms with Crippen molar-refractivity contribution in [3.05, 3.63) is 71.7 Å². The molecule has 0 bridgehead atoms. The van der Waals surface area contributed by atoms with Crippen LogP contribution in [0.4, 0.5) is 15.9 Å². The lowest BCUT2D eigenvalue weighted by molar-refractivity contribution is 0.0953. The van der Waals surface area contributed by atoms with Gasteiger partial charge in [0.25, 0.3) is 0 Å². The Balaban J connectivity index is 1.85. The Kier molecular flexibility index (Phi) is 3.84. The van der Waals surface area contributed by atoms with Crippen molar-refractivity contribution in [1.29, 1.82) is 0 Å². The van der Waals surface area contributed by atoms with Crippen molar-refractivity contribution in [3.63, 3.8) is 0 Å². The molecule has 1 aliphatic rings. The van der Waals surface area contributed by atoms with Crippen LogP contribution in [0.15, 0.2) is 54.6 Å². The van der Waals surface area contributed by atoms with Gasteiger partial charge in [0.15, 0.2) is 11.6 Å². The van der Waals surface area contributed by atoms with E-state index in [1.807, 2.05) is 30.3 Å². The number of anilines is 2. The van der Waals surface area contributed by atoms with E-state index in [9.17, 15) is 9.18 Å². The fraction of sp³-hybridized carbons (Fsp3) is 0.200. The number of fused-ring (bicyclic) bond motifs is 1. The number of rotatable bonds is 3. The zero-order valence-corrected chi connectivity index (χ0v) is 13.9. The smallest absolute Gasteiger partial charge is 0.168 e. The Morgan fingerprint density at radius 1 is 1.08 bits per heavy atom. The highest BCUT2D eigenvalue weighted by atomic mass is 19.1. The number of hydrogen-bond acceptors (Lipinski definition) is 3. The van der Waals surface area contributed by atoms with E-state index < -0.39 is 0 Å². The highest BCUT2D eigenvalue weighted by molar-refractivity contribution is 6.03. The summed E-state index contributed by atoms with van der Waals surface area (Å²) in [4.78, 5) is 12.6. The van der Waals surface area contributed by atoms with Crippen LogP contribution in [0, 0.1) is 11.7 Å². The van der Waals surface area contributed by atoms with E-state index in [2.05, 4.69) is 17.3 Å². The van der Waals surface area contributed by atoms with E-state index in [0.29, 0.717) is 23.5 Å². The van der Waals surface area contributed by atoms with E-state index in [-0.39, 0.29) is 17.5 Å². The van der Waals surface area contributed by atoms with Crippen molar-refractivity contribution < 1.29 is 9.18 Å². The second-order valence-corrected chi connectivity index (χ2v) is 6.46. The summed E-state index contributed by atoms with van der Waals surface area (Å²) < 4.78 is 15.8. The molecule has 4 rings (SSSR count). The van der Waals surface area contributed by atoms with Gasteiger partial charge in [-0.3, -0.25) is 4.79 Å². The van der Waals surface area contributed by atoms with Crippen LogP contribution < -0.4 is 5.32 Å². The molecule has 0 unspecified atom stereocenters. The Morgan fingerprint density at radius 2 is 1.80 bits per heavy atom. The van der Waals surface area contributed by atoms with Crippen LogP contribution in [0.3, 0.4) is 0 Å². The fourth-order valence-corrected chi connectivity index (χ4v) is 3.32. The third-order valence-electron chi connectivity index (χ3n) is 4.46. The number of aromatic nitrogens is 2. The quantitative estimate of drug-likeness (QED) is 0.765. The van der Waals surface area contributed by atoms with Crippen molar-refractivity contribution in [1.82, 2.24) is 9.78 Å². The van der Waals surface area contributed by atoms with Crippen LogP contribution >= 0.6 is 0 Å². The molecule has 5 heteroatoms. The molecule has 126 valence electrons. The Hall–Kier alpha value is -2.95. The number of benzene rings is 2. The molecule has 3 aromatic rings. The van der Waals surface area contributed by atoms with Crippen LogP contribution in [0.25, 0.3) is 5.69 Å². The maximum absolute atomic E-state index is 14.0. The standard InChI is InChI=1S/C20H18FN3O/c1-13-11-17-19(18(25)12-13)20(22-16-10-6-5-9-15(16)21)23-24(17)14-7-3-2-4-8-14/h2-10,13H,11-12H2,1H3,(H,22,23)/t13-/m0/s1. The third kappa shape index (κ3) is 2.82. The maximum atomic E-state index is 14.0. The van der Waals surface area contributed by atoms with Gasteiger partial charge in [-0.2, -0.15) is 0 Å². The van der Waals surface area contributed by atoms with E-state index in [0.717, 1.165) is 17.8 Å². The molecule has 0 amide bonds. The maximum Gasteiger partial charge on any atom is 0.168 e. The average molecular weight is 335 g/mol. The molecule has 25 heavy (non-hydrogen) atoms. The van der Waals surface area contributed by atoms with E-state index >= 15 is 0 Å². The predicted molar refractivity (Wildman–Crippen MR) is 95.1 cm³/mol. The Bertz CT molecular complexity index is 933. The molecule has 4 nitrogen and oxygen atoms in total. The number of hydrogen-bond donors (Lipinski definition) is 1. The van der Waals surface area contributed by atoms with Crippen LogP contribution in [-0.2, 0) is 6.42 Å². The summed E-state index contributed by atoms with van der Waals surface area (Å²) in [5, 5.41) is 7.61. The van der Waals surface area contributed by atoms with Gasteiger partial charge in [0.1, 0.15) is 5.82 Å². The minimum Gasteiger partial charge on any atom is -0.336 e. The summed E-state index contributed by atoms with van der Waals surface area (Å²) >= 11 is 0. The zero-order chi connectivity index (χ0) is 17.4. The summed E-state index contributed by atoms with van der Waals surface area (Å²) in [5.41, 5.74) is 2.66. The number of ketones is 1. The van der Waals surface area contributed by atoms with Gasteiger partial charge in [-0.1, -0.05) is 37.3 Å². The average Bonchev–Trinajstić information content (AvgIpc) is 2.96. The van der Waals surface area contributed by atoms with Crippen molar-refractivity contribution in [2.75, 3.05) is 5.32 Å². The monoisotopic (exact) mass is 335 g/mol. The molecule has 2 aromatic carbocycles. The molecule has 0 spiro atoms. The van der Waals surface area contributed by atoms with Crippen LogP contribution in [0.2, 0.25) is 0 Å². The number of carbonyl (C=O) groups excluding carboxylic acids is 1. The highest BCUT2D eigenvalue weighted by Gasteiger charge is 2.31. The molecular formula is C20H18FN3O. The minimum absolute atomic E-state index is 0.0507. The van der Waals surface area contributed by atoms with Gasteiger partial charge in [-0.25, -0.2) is 9.07 Å². The topological polar surface area (TPSA) is 46.9 Å². The van der Waals surface area contributed by atoms with Crippen molar-refractivity contribution >= 4 is 17.3 Å². The molecule has 0 saturated carbocycles. The summed E-state index contributed by atoms with van der Waals surface area (Å²) in [6.45, 7) is 2.06. The van der Waals surface area contributed by atoms with Gasteiger partial charge < -0.3 is 5.32 Å². The van der Waals surface area contributed by atoms with Gasteiger partial charge in [0.2, 0.25) is 0 Å². The molecule has 0 saturated heterocycles. The number of Topliss-reactive ketones (excluding diaryl/α,β-unsaturated/α-hetero) is 1. The number of halogens is 1. The predicted octanol–water partition coefficient (Wildman–Crippen LogP) is 4.52. The van der Waals surface area contributed by atoms with E-state index in [4.69, 9.17) is 0 Å². The van der Waals surface area contributed by atoms with Gasteiger partial charge in [-0.05, 0) is 36.6 Å². The Labute approximate surface area is 145 Å². The number of para-hydroxylation sites is 2. The number of nitrogens with one attached hydrogen (secondary N) is 1. The molecular weight excluding hydrogens is 317 g/mol. The highest BCUT2D eigenvalue weighted by Crippen LogP contribution is 2.34. The van der Waals surface area contributed by atoms with E-state index in [1.165, 1.54) is 6.07 Å². The van der Waals surface area contributed by atoms with Crippen molar-refractivity contribution in [3.8, 4) is 5.69 Å². The summed E-state index contributed by atoms with van der Waals surface area (Å²) in [5.74, 6) is 0.359. The van der Waals surface area contributed by atoms with Crippen molar-refractivity contribution in [2.24, 2.45) is 5.92 Å². The lowest BCUT2D eigenvalue weighted by Gasteiger charge is -2.19. The second-order valence-electron chi connectivity index (χ2n) is 6.46. The first-order valence-electron chi connectivity index (χ1n) is 8.35. The van der Waals surface area contributed by atoms with Gasteiger partial charge in [0.05, 0.1) is 22.6 Å². The number of carbonyl (C=O) groups is 1. The first-order chi connectivity index (χ1) is 12.1. The van der Waals surface area contributed by atoms with Crippen molar-refractivity contribution in [2.45, 2.75) is 19.8 Å². The lowest BCUT2D eigenvalue weighted by atomic mass is 9.87. The first-order valence-corrected chi connectivity index (χ1v) is 8.35. The molecule has 1 aromatic heterocycles. The normalized spacial score (nSPS) is 16.6. The molecule has 1 heterocycles. The lowest BCUT2D eigenvalue weighted by Crippen LogP contribution is -2.19. The molecule has 0 aliphatic heterocycles. The summed E-state index contributed by atoms with van der Waals surface area (Å²) in [6.07, 6.45) is 1.25. The summed E-state index contributed by atoms with van der Waals surface area (Å²) in [6, 6.07) is 16.1. The second kappa shape index (κ2) is 6.16. The molecule has 0 radical (unpaired) electrons.